The van der Waals surface area contributed by atoms with Crippen molar-refractivity contribution in [1.82, 2.24) is 4.90 Å². The summed E-state index contributed by atoms with van der Waals surface area (Å²) in [6, 6.07) is 0. The van der Waals surface area contributed by atoms with Crippen LogP contribution in [0, 0.1) is 0 Å². The van der Waals surface area contributed by atoms with E-state index in [1.54, 1.807) is 7.05 Å². The van der Waals surface area contributed by atoms with Gasteiger partial charge in [0.05, 0.1) is 0 Å². The second-order valence-electron chi connectivity index (χ2n) is 4.35. The third-order valence-electron chi connectivity index (χ3n) is 1.50. The summed E-state index contributed by atoms with van der Waals surface area (Å²) in [5.41, 5.74) is -0.485. The van der Waals surface area contributed by atoms with Gasteiger partial charge in [0.1, 0.15) is 11.4 Å². The van der Waals surface area contributed by atoms with Gasteiger partial charge >= 0.3 is 6.09 Å². The third-order valence-corrected chi connectivity index (χ3v) is 1.50. The number of hydrogen-bond donors (Lipinski definition) is 0. The molecular formula is C12H25NO3. The largest absolute Gasteiger partial charge is 0.444 e. The van der Waals surface area contributed by atoms with Crippen molar-refractivity contribution in [2.24, 2.45) is 0 Å². The molecule has 0 bridgehead atoms. The minimum absolute atomic E-state index is 0.0698. The number of rotatable bonds is 3. The van der Waals surface area contributed by atoms with Gasteiger partial charge in [0, 0.05) is 20.0 Å². The Kier molecular flexibility index (Phi) is 8.81. The van der Waals surface area contributed by atoms with E-state index in [4.69, 9.17) is 4.74 Å². The number of ketones is 1. The summed E-state index contributed by atoms with van der Waals surface area (Å²) in [4.78, 5) is 23.5. The molecule has 0 aliphatic carbocycles. The van der Waals surface area contributed by atoms with Crippen molar-refractivity contribution in [2.75, 3.05) is 13.6 Å². The molecule has 1 amide bonds. The molecule has 0 spiro atoms. The molecule has 0 radical (unpaired) electrons. The van der Waals surface area contributed by atoms with Crippen molar-refractivity contribution in [3.63, 3.8) is 0 Å². The summed E-state index contributed by atoms with van der Waals surface area (Å²) in [6.07, 6.45) is -0.0193. The van der Waals surface area contributed by atoms with Crippen LogP contribution in [0.5, 0.6) is 0 Å². The lowest BCUT2D eigenvalue weighted by Gasteiger charge is -2.24. The number of amides is 1. The molecule has 0 aromatic carbocycles. The molecule has 4 heteroatoms. The molecule has 0 saturated carbocycles. The Hall–Kier alpha value is -1.06. The summed E-state index contributed by atoms with van der Waals surface area (Å²) in [6.45, 7) is 11.3. The molecule has 0 atom stereocenters. The SMILES string of the molecule is CC.CC(=O)CCN(C)C(=O)OC(C)(C)C. The first kappa shape index (κ1) is 17.3. The molecule has 0 aromatic rings. The van der Waals surface area contributed by atoms with Gasteiger partial charge in [0.15, 0.2) is 0 Å². The quantitative estimate of drug-likeness (QED) is 0.750. The van der Waals surface area contributed by atoms with Gasteiger partial charge < -0.3 is 9.64 Å². The number of carbonyl (C=O) groups excluding carboxylic acids is 2. The Labute approximate surface area is 99.0 Å². The van der Waals surface area contributed by atoms with Gasteiger partial charge in [-0.25, -0.2) is 4.79 Å². The molecule has 16 heavy (non-hydrogen) atoms. The van der Waals surface area contributed by atoms with Gasteiger partial charge in [-0.3, -0.25) is 4.79 Å². The first-order chi connectivity index (χ1) is 7.22. The topological polar surface area (TPSA) is 46.6 Å². The molecule has 0 unspecified atom stereocenters. The maximum atomic E-state index is 11.4. The third kappa shape index (κ3) is 11.0. The zero-order valence-electron chi connectivity index (χ0n) is 11.6. The predicted octanol–water partition coefficient (Wildman–Crippen LogP) is 2.86. The maximum Gasteiger partial charge on any atom is 0.410 e. The van der Waals surface area contributed by atoms with E-state index in [9.17, 15) is 9.59 Å². The fourth-order valence-electron chi connectivity index (χ4n) is 0.756. The van der Waals surface area contributed by atoms with Crippen LogP contribution in [-0.2, 0) is 9.53 Å². The number of hydrogen-bond acceptors (Lipinski definition) is 3. The van der Waals surface area contributed by atoms with Crippen LogP contribution in [0.4, 0.5) is 4.79 Å². The Morgan fingerprint density at radius 3 is 1.94 bits per heavy atom. The number of nitrogens with zero attached hydrogens (tertiary/aromatic N) is 1. The maximum absolute atomic E-state index is 11.4. The normalized spacial score (nSPS) is 9.94. The zero-order valence-corrected chi connectivity index (χ0v) is 11.6. The van der Waals surface area contributed by atoms with E-state index in [1.807, 2.05) is 34.6 Å². The molecule has 4 nitrogen and oxygen atoms in total. The summed E-state index contributed by atoms with van der Waals surface area (Å²) >= 11 is 0. The molecule has 0 N–H and O–H groups in total. The number of Topliss-reactive ketones (excluding diaryl/α,β-unsaturated/α-hetero) is 1. The van der Waals surface area contributed by atoms with E-state index < -0.39 is 11.7 Å². The smallest absolute Gasteiger partial charge is 0.410 e. The molecule has 0 heterocycles. The van der Waals surface area contributed by atoms with Crippen molar-refractivity contribution < 1.29 is 14.3 Å². The van der Waals surface area contributed by atoms with Crippen molar-refractivity contribution in [2.45, 2.75) is 53.6 Å². The Morgan fingerprint density at radius 1 is 1.19 bits per heavy atom. The van der Waals surface area contributed by atoms with Crippen LogP contribution in [0.1, 0.15) is 48.0 Å². The molecule has 0 rings (SSSR count). The van der Waals surface area contributed by atoms with Gasteiger partial charge in [-0.15, -0.1) is 0 Å². The highest BCUT2D eigenvalue weighted by atomic mass is 16.6. The minimum atomic E-state index is -0.485. The van der Waals surface area contributed by atoms with Crippen molar-refractivity contribution in [3.05, 3.63) is 0 Å². The van der Waals surface area contributed by atoms with Gasteiger partial charge in [-0.1, -0.05) is 13.8 Å². The standard InChI is InChI=1S/C10H19NO3.C2H6/c1-8(12)6-7-11(5)9(13)14-10(2,3)4;1-2/h6-7H2,1-5H3;1-2H3. The summed E-state index contributed by atoms with van der Waals surface area (Å²) in [7, 11) is 1.62. The molecule has 0 aliphatic rings. The van der Waals surface area contributed by atoms with Crippen molar-refractivity contribution >= 4 is 11.9 Å². The Morgan fingerprint density at radius 2 is 1.62 bits per heavy atom. The Bertz CT molecular complexity index is 219. The summed E-state index contributed by atoms with van der Waals surface area (Å²) < 4.78 is 5.11. The van der Waals surface area contributed by atoms with E-state index in [1.165, 1.54) is 11.8 Å². The van der Waals surface area contributed by atoms with Gasteiger partial charge in [0.2, 0.25) is 0 Å². The Balaban J connectivity index is 0. The molecular weight excluding hydrogens is 206 g/mol. The lowest BCUT2D eigenvalue weighted by atomic mass is 10.2. The van der Waals surface area contributed by atoms with Crippen LogP contribution in [0.25, 0.3) is 0 Å². The number of ether oxygens (including phenoxy) is 1. The highest BCUT2D eigenvalue weighted by molar-refractivity contribution is 5.76. The second-order valence-corrected chi connectivity index (χ2v) is 4.35. The van der Waals surface area contributed by atoms with E-state index >= 15 is 0 Å². The average Bonchev–Trinajstić information content (AvgIpc) is 2.14. The van der Waals surface area contributed by atoms with Crippen molar-refractivity contribution in [1.29, 1.82) is 0 Å². The lowest BCUT2D eigenvalue weighted by Crippen LogP contribution is -2.35. The lowest BCUT2D eigenvalue weighted by molar-refractivity contribution is -0.117. The van der Waals surface area contributed by atoms with Crippen molar-refractivity contribution in [3.8, 4) is 0 Å². The molecule has 96 valence electrons. The van der Waals surface area contributed by atoms with E-state index in [-0.39, 0.29) is 5.78 Å². The summed E-state index contributed by atoms with van der Waals surface area (Å²) in [5, 5.41) is 0. The van der Waals surface area contributed by atoms with E-state index in [2.05, 4.69) is 0 Å². The fourth-order valence-corrected chi connectivity index (χ4v) is 0.756. The van der Waals surface area contributed by atoms with Crippen LogP contribution in [0.2, 0.25) is 0 Å². The fraction of sp³-hybridized carbons (Fsp3) is 0.833. The zero-order chi connectivity index (χ0) is 13.4. The monoisotopic (exact) mass is 231 g/mol. The van der Waals surface area contributed by atoms with Gasteiger partial charge in [0.25, 0.3) is 0 Å². The molecule has 0 aromatic heterocycles. The first-order valence-corrected chi connectivity index (χ1v) is 5.66. The first-order valence-electron chi connectivity index (χ1n) is 5.66. The van der Waals surface area contributed by atoms with Crippen LogP contribution < -0.4 is 0 Å². The highest BCUT2D eigenvalue weighted by Crippen LogP contribution is 2.09. The van der Waals surface area contributed by atoms with E-state index in [0.717, 1.165) is 0 Å². The minimum Gasteiger partial charge on any atom is -0.444 e. The van der Waals surface area contributed by atoms with Crippen LogP contribution in [0.15, 0.2) is 0 Å². The average molecular weight is 231 g/mol. The highest BCUT2D eigenvalue weighted by Gasteiger charge is 2.19. The van der Waals surface area contributed by atoms with Crippen LogP contribution >= 0.6 is 0 Å². The van der Waals surface area contributed by atoms with Gasteiger partial charge in [-0.2, -0.15) is 0 Å². The molecule has 0 fully saturated rings. The molecule has 0 aliphatic heterocycles. The van der Waals surface area contributed by atoms with E-state index in [0.29, 0.717) is 13.0 Å². The predicted molar refractivity (Wildman–Crippen MR) is 65.5 cm³/mol. The number of carbonyl (C=O) groups is 2. The molecule has 0 saturated heterocycles. The van der Waals surface area contributed by atoms with Crippen LogP contribution in [-0.4, -0.2) is 36.0 Å². The second kappa shape index (κ2) is 8.13. The van der Waals surface area contributed by atoms with Gasteiger partial charge in [-0.05, 0) is 27.7 Å². The summed E-state index contributed by atoms with van der Waals surface area (Å²) in [5.74, 6) is 0.0698. The van der Waals surface area contributed by atoms with Crippen LogP contribution in [0.3, 0.4) is 0 Å².